The van der Waals surface area contributed by atoms with Crippen molar-refractivity contribution in [3.63, 3.8) is 0 Å². The molecule has 0 heterocycles. The van der Waals surface area contributed by atoms with Gasteiger partial charge in [-0.15, -0.1) is 0 Å². The minimum atomic E-state index is -0.533. The molecule has 2 amide bonds. The zero-order valence-corrected chi connectivity index (χ0v) is 17.3. The van der Waals surface area contributed by atoms with Crippen LogP contribution in [0, 0.1) is 0 Å². The molecule has 0 saturated heterocycles. The zero-order valence-electron chi connectivity index (χ0n) is 17.3. The standard InChI is InChI=1S/C27H24N2O2/c1-2-21(18-9-4-3-5-10-18)27(31)29-20-15-16-24(25(17-20)26(28)30)23-14-8-12-19-11-6-7-13-22(19)23/h3-17,21H,2H2,1H3,(H2,28,30)(H,29,31). The second kappa shape index (κ2) is 8.84. The highest BCUT2D eigenvalue weighted by molar-refractivity contribution is 6.07. The number of carbonyl (C=O) groups excluding carboxylic acids is 2. The summed E-state index contributed by atoms with van der Waals surface area (Å²) in [7, 11) is 0. The molecule has 0 bridgehead atoms. The maximum atomic E-state index is 12.9. The molecular formula is C27H24N2O2. The molecule has 0 spiro atoms. The van der Waals surface area contributed by atoms with Crippen molar-refractivity contribution in [3.05, 3.63) is 102 Å². The molecule has 154 valence electrons. The summed E-state index contributed by atoms with van der Waals surface area (Å²) in [6.45, 7) is 1.98. The summed E-state index contributed by atoms with van der Waals surface area (Å²) in [4.78, 5) is 25.2. The molecule has 4 heteroatoms. The van der Waals surface area contributed by atoms with Crippen LogP contribution >= 0.6 is 0 Å². The summed E-state index contributed by atoms with van der Waals surface area (Å²) in [5.41, 5.74) is 9.29. The minimum absolute atomic E-state index is 0.109. The number of amides is 2. The van der Waals surface area contributed by atoms with Crippen molar-refractivity contribution < 1.29 is 9.59 Å². The third kappa shape index (κ3) is 4.19. The van der Waals surface area contributed by atoms with Gasteiger partial charge in [0.25, 0.3) is 0 Å². The Kier molecular flexibility index (Phi) is 5.80. The van der Waals surface area contributed by atoms with E-state index in [0.717, 1.165) is 27.5 Å². The number of rotatable bonds is 6. The third-order valence-electron chi connectivity index (χ3n) is 5.56. The number of hydrogen-bond donors (Lipinski definition) is 2. The lowest BCUT2D eigenvalue weighted by molar-refractivity contribution is -0.117. The molecule has 4 rings (SSSR count). The maximum Gasteiger partial charge on any atom is 0.249 e. The molecule has 31 heavy (non-hydrogen) atoms. The van der Waals surface area contributed by atoms with Gasteiger partial charge in [0.15, 0.2) is 0 Å². The van der Waals surface area contributed by atoms with Crippen molar-refractivity contribution in [3.8, 4) is 11.1 Å². The van der Waals surface area contributed by atoms with E-state index >= 15 is 0 Å². The molecule has 0 aliphatic carbocycles. The highest BCUT2D eigenvalue weighted by Gasteiger charge is 2.20. The SMILES string of the molecule is CCC(C(=O)Nc1ccc(-c2cccc3ccccc23)c(C(N)=O)c1)c1ccccc1. The van der Waals surface area contributed by atoms with E-state index in [0.29, 0.717) is 17.7 Å². The molecule has 0 fully saturated rings. The Hall–Kier alpha value is -3.92. The summed E-state index contributed by atoms with van der Waals surface area (Å²) >= 11 is 0. The van der Waals surface area contributed by atoms with Crippen LogP contribution in [0.25, 0.3) is 21.9 Å². The highest BCUT2D eigenvalue weighted by Crippen LogP contribution is 2.33. The van der Waals surface area contributed by atoms with E-state index in [9.17, 15) is 9.59 Å². The average molecular weight is 409 g/mol. The van der Waals surface area contributed by atoms with Gasteiger partial charge in [-0.2, -0.15) is 0 Å². The molecule has 0 aliphatic heterocycles. The third-order valence-corrected chi connectivity index (χ3v) is 5.56. The van der Waals surface area contributed by atoms with Gasteiger partial charge < -0.3 is 11.1 Å². The first kappa shape index (κ1) is 20.4. The van der Waals surface area contributed by atoms with Crippen LogP contribution in [0.5, 0.6) is 0 Å². The number of carbonyl (C=O) groups is 2. The van der Waals surface area contributed by atoms with Gasteiger partial charge in [0.2, 0.25) is 11.8 Å². The van der Waals surface area contributed by atoms with Gasteiger partial charge in [0, 0.05) is 11.3 Å². The van der Waals surface area contributed by atoms with E-state index in [-0.39, 0.29) is 11.8 Å². The summed E-state index contributed by atoms with van der Waals surface area (Å²) in [6.07, 6.45) is 0.673. The van der Waals surface area contributed by atoms with E-state index in [2.05, 4.69) is 5.32 Å². The predicted octanol–water partition coefficient (Wildman–Crippen LogP) is 5.74. The van der Waals surface area contributed by atoms with E-state index in [1.54, 1.807) is 6.07 Å². The second-order valence-electron chi connectivity index (χ2n) is 7.51. The fourth-order valence-electron chi connectivity index (χ4n) is 4.01. The monoisotopic (exact) mass is 408 g/mol. The molecule has 0 saturated carbocycles. The molecule has 4 aromatic carbocycles. The van der Waals surface area contributed by atoms with Crippen LogP contribution in [-0.4, -0.2) is 11.8 Å². The molecule has 0 aromatic heterocycles. The normalized spacial score (nSPS) is 11.8. The Balaban J connectivity index is 1.70. The smallest absolute Gasteiger partial charge is 0.249 e. The topological polar surface area (TPSA) is 72.2 Å². The van der Waals surface area contributed by atoms with E-state index in [1.165, 1.54) is 0 Å². The average Bonchev–Trinajstić information content (AvgIpc) is 2.80. The van der Waals surface area contributed by atoms with Gasteiger partial charge in [-0.1, -0.05) is 85.8 Å². The number of nitrogens with one attached hydrogen (secondary N) is 1. The number of nitrogens with two attached hydrogens (primary N) is 1. The minimum Gasteiger partial charge on any atom is -0.366 e. The van der Waals surface area contributed by atoms with Gasteiger partial charge in [-0.25, -0.2) is 0 Å². The molecule has 0 radical (unpaired) electrons. The van der Waals surface area contributed by atoms with Crippen molar-refractivity contribution in [2.75, 3.05) is 5.32 Å². The van der Waals surface area contributed by atoms with Gasteiger partial charge >= 0.3 is 0 Å². The summed E-state index contributed by atoms with van der Waals surface area (Å²) in [6, 6.07) is 29.0. The Bertz CT molecular complexity index is 1240. The molecular weight excluding hydrogens is 384 g/mol. The van der Waals surface area contributed by atoms with Crippen LogP contribution in [0.4, 0.5) is 5.69 Å². The van der Waals surface area contributed by atoms with Crippen LogP contribution < -0.4 is 11.1 Å². The first-order chi connectivity index (χ1) is 15.1. The Labute approximate surface area is 181 Å². The number of primary amides is 1. The quantitative estimate of drug-likeness (QED) is 0.427. The molecule has 1 unspecified atom stereocenters. The molecule has 4 nitrogen and oxygen atoms in total. The van der Waals surface area contributed by atoms with E-state index in [1.807, 2.05) is 91.9 Å². The number of benzene rings is 4. The fourth-order valence-corrected chi connectivity index (χ4v) is 4.01. The molecule has 3 N–H and O–H groups in total. The largest absolute Gasteiger partial charge is 0.366 e. The summed E-state index contributed by atoms with van der Waals surface area (Å²) < 4.78 is 0. The predicted molar refractivity (Wildman–Crippen MR) is 126 cm³/mol. The second-order valence-corrected chi connectivity index (χ2v) is 7.51. The van der Waals surface area contributed by atoms with Crippen molar-refractivity contribution in [2.45, 2.75) is 19.3 Å². The number of hydrogen-bond acceptors (Lipinski definition) is 2. The maximum absolute atomic E-state index is 12.9. The van der Waals surface area contributed by atoms with Gasteiger partial charge in [0.05, 0.1) is 5.92 Å². The lowest BCUT2D eigenvalue weighted by Gasteiger charge is -2.17. The first-order valence-electron chi connectivity index (χ1n) is 10.4. The van der Waals surface area contributed by atoms with Crippen molar-refractivity contribution in [1.82, 2.24) is 0 Å². The van der Waals surface area contributed by atoms with E-state index in [4.69, 9.17) is 5.73 Å². The zero-order chi connectivity index (χ0) is 21.8. The van der Waals surface area contributed by atoms with Crippen LogP contribution in [0.3, 0.4) is 0 Å². The Morgan fingerprint density at radius 1 is 0.839 bits per heavy atom. The Morgan fingerprint density at radius 2 is 1.55 bits per heavy atom. The Morgan fingerprint density at radius 3 is 2.29 bits per heavy atom. The fraction of sp³-hybridized carbons (Fsp3) is 0.111. The molecule has 0 aliphatic rings. The van der Waals surface area contributed by atoms with Gasteiger partial charge in [-0.3, -0.25) is 9.59 Å². The molecule has 1 atom stereocenters. The van der Waals surface area contributed by atoms with Gasteiger partial charge in [-0.05, 0) is 46.0 Å². The van der Waals surface area contributed by atoms with E-state index < -0.39 is 5.91 Å². The molecule has 4 aromatic rings. The first-order valence-corrected chi connectivity index (χ1v) is 10.4. The van der Waals surface area contributed by atoms with Crippen molar-refractivity contribution >= 4 is 28.3 Å². The summed E-state index contributed by atoms with van der Waals surface area (Å²) in [5, 5.41) is 5.08. The number of anilines is 1. The summed E-state index contributed by atoms with van der Waals surface area (Å²) in [5.74, 6) is -0.910. The van der Waals surface area contributed by atoms with Crippen molar-refractivity contribution in [1.29, 1.82) is 0 Å². The van der Waals surface area contributed by atoms with Crippen molar-refractivity contribution in [2.24, 2.45) is 5.73 Å². The van der Waals surface area contributed by atoms with Crippen LogP contribution in [-0.2, 0) is 4.79 Å². The van der Waals surface area contributed by atoms with Gasteiger partial charge in [0.1, 0.15) is 0 Å². The highest BCUT2D eigenvalue weighted by atomic mass is 16.2. The number of fused-ring (bicyclic) bond motifs is 1. The van der Waals surface area contributed by atoms with Crippen LogP contribution in [0.1, 0.15) is 35.2 Å². The lowest BCUT2D eigenvalue weighted by atomic mass is 9.93. The van der Waals surface area contributed by atoms with Crippen LogP contribution in [0.2, 0.25) is 0 Å². The lowest BCUT2D eigenvalue weighted by Crippen LogP contribution is -2.21. The van der Waals surface area contributed by atoms with Crippen LogP contribution in [0.15, 0.2) is 91.0 Å².